The van der Waals surface area contributed by atoms with E-state index in [1.54, 1.807) is 17.0 Å². The molecule has 0 N–H and O–H groups in total. The van der Waals surface area contributed by atoms with Crippen molar-refractivity contribution in [3.63, 3.8) is 0 Å². The molecule has 0 saturated carbocycles. The Kier molecular flexibility index (Phi) is 7.47. The Balaban J connectivity index is 1.37. The molecule has 4 aromatic rings. The summed E-state index contributed by atoms with van der Waals surface area (Å²) >= 11 is 1.38. The molecule has 4 nitrogen and oxygen atoms in total. The highest BCUT2D eigenvalue weighted by molar-refractivity contribution is 8.18. The molecule has 1 aliphatic heterocycles. The standard InChI is InChI=1S/C31H25FN2O2S/c1-22(25-8-4-2-5-9-25)34-30(35)29(37-31(34)33-27-10-6-3-7-11-27)20-23-14-18-28(19-15-23)36-21-24-12-16-26(32)17-13-24/h2-20,22H,21H2,1H3/b29-20+,33-31?/t22-/m1/s1. The van der Waals surface area contributed by atoms with Gasteiger partial charge in [-0.2, -0.15) is 0 Å². The van der Waals surface area contributed by atoms with Crippen LogP contribution in [0, 0.1) is 5.82 Å². The zero-order valence-corrected chi connectivity index (χ0v) is 21.1. The van der Waals surface area contributed by atoms with E-state index in [1.807, 2.05) is 97.9 Å². The Morgan fingerprint density at radius 1 is 0.892 bits per heavy atom. The van der Waals surface area contributed by atoms with Crippen molar-refractivity contribution in [1.29, 1.82) is 0 Å². The number of hydrogen-bond donors (Lipinski definition) is 0. The average Bonchev–Trinajstić information content (AvgIpc) is 3.23. The number of thioether (sulfide) groups is 1. The lowest BCUT2D eigenvalue weighted by molar-refractivity contribution is -0.123. The fourth-order valence-corrected chi connectivity index (χ4v) is 5.03. The summed E-state index contributed by atoms with van der Waals surface area (Å²) in [6, 6.07) is 33.3. The first-order chi connectivity index (χ1) is 18.1. The lowest BCUT2D eigenvalue weighted by Crippen LogP contribution is -2.32. The number of benzene rings is 4. The van der Waals surface area contributed by atoms with Gasteiger partial charge in [-0.15, -0.1) is 0 Å². The van der Waals surface area contributed by atoms with Gasteiger partial charge < -0.3 is 4.74 Å². The Hall–Kier alpha value is -4.16. The molecule has 0 radical (unpaired) electrons. The minimum Gasteiger partial charge on any atom is -0.489 e. The van der Waals surface area contributed by atoms with E-state index in [2.05, 4.69) is 0 Å². The van der Waals surface area contributed by atoms with Crippen molar-refractivity contribution in [3.05, 3.63) is 137 Å². The summed E-state index contributed by atoms with van der Waals surface area (Å²) in [4.78, 5) is 20.8. The van der Waals surface area contributed by atoms with Crippen molar-refractivity contribution in [2.24, 2.45) is 4.99 Å². The maximum Gasteiger partial charge on any atom is 0.267 e. The van der Waals surface area contributed by atoms with E-state index in [0.29, 0.717) is 22.4 Å². The topological polar surface area (TPSA) is 41.9 Å². The first kappa shape index (κ1) is 24.5. The number of hydrogen-bond acceptors (Lipinski definition) is 4. The Bertz CT molecular complexity index is 1420. The van der Waals surface area contributed by atoms with Crippen LogP contribution >= 0.6 is 11.8 Å². The summed E-state index contributed by atoms with van der Waals surface area (Å²) in [5, 5.41) is 0.651. The van der Waals surface area contributed by atoms with Gasteiger partial charge in [0.2, 0.25) is 0 Å². The van der Waals surface area contributed by atoms with Gasteiger partial charge in [-0.3, -0.25) is 9.69 Å². The van der Waals surface area contributed by atoms with Crippen LogP contribution in [-0.4, -0.2) is 16.0 Å². The van der Waals surface area contributed by atoms with Gasteiger partial charge in [0.1, 0.15) is 18.2 Å². The number of carbonyl (C=O) groups excluding carboxylic acids is 1. The number of ether oxygens (including phenoxy) is 1. The number of halogens is 1. The highest BCUT2D eigenvalue weighted by Crippen LogP contribution is 2.39. The third-order valence-electron chi connectivity index (χ3n) is 5.98. The molecule has 0 aromatic heterocycles. The second-order valence-corrected chi connectivity index (χ2v) is 9.60. The van der Waals surface area contributed by atoms with Crippen molar-refractivity contribution in [1.82, 2.24) is 4.90 Å². The Labute approximate surface area is 220 Å². The van der Waals surface area contributed by atoms with Gasteiger partial charge in [-0.05, 0) is 77.9 Å². The maximum atomic E-state index is 13.6. The second-order valence-electron chi connectivity index (χ2n) is 8.59. The largest absolute Gasteiger partial charge is 0.489 e. The summed E-state index contributed by atoms with van der Waals surface area (Å²) in [7, 11) is 0. The van der Waals surface area contributed by atoms with E-state index < -0.39 is 0 Å². The number of carbonyl (C=O) groups is 1. The molecule has 37 heavy (non-hydrogen) atoms. The molecule has 6 heteroatoms. The van der Waals surface area contributed by atoms with Crippen molar-refractivity contribution in [2.75, 3.05) is 0 Å². The number of para-hydroxylation sites is 1. The lowest BCUT2D eigenvalue weighted by Gasteiger charge is -2.24. The van der Waals surface area contributed by atoms with Crippen LogP contribution in [0.25, 0.3) is 6.08 Å². The van der Waals surface area contributed by atoms with Crippen molar-refractivity contribution in [3.8, 4) is 5.75 Å². The lowest BCUT2D eigenvalue weighted by atomic mass is 10.1. The molecule has 0 unspecified atom stereocenters. The van der Waals surface area contributed by atoms with Gasteiger partial charge in [0.25, 0.3) is 5.91 Å². The van der Waals surface area contributed by atoms with Gasteiger partial charge in [-0.25, -0.2) is 9.38 Å². The molecule has 0 spiro atoms. The van der Waals surface area contributed by atoms with Crippen molar-refractivity contribution < 1.29 is 13.9 Å². The smallest absolute Gasteiger partial charge is 0.267 e. The molecule has 1 fully saturated rings. The van der Waals surface area contributed by atoms with E-state index >= 15 is 0 Å². The predicted molar refractivity (Wildman–Crippen MR) is 148 cm³/mol. The first-order valence-electron chi connectivity index (χ1n) is 12.0. The molecule has 1 saturated heterocycles. The SMILES string of the molecule is C[C@H](c1ccccc1)N1C(=O)/C(=C\c2ccc(OCc3ccc(F)cc3)cc2)SC1=Nc1ccccc1. The molecule has 4 aromatic carbocycles. The molecule has 184 valence electrons. The third-order valence-corrected chi connectivity index (χ3v) is 6.97. The van der Waals surface area contributed by atoms with E-state index in [1.165, 1.54) is 23.9 Å². The third kappa shape index (κ3) is 5.98. The van der Waals surface area contributed by atoms with Gasteiger partial charge in [0.05, 0.1) is 16.6 Å². The fraction of sp³-hybridized carbons (Fsp3) is 0.0968. The quantitative estimate of drug-likeness (QED) is 0.240. The van der Waals surface area contributed by atoms with Crippen LogP contribution < -0.4 is 4.74 Å². The highest BCUT2D eigenvalue weighted by atomic mass is 32.2. The van der Waals surface area contributed by atoms with Crippen molar-refractivity contribution >= 4 is 34.6 Å². The van der Waals surface area contributed by atoms with Crippen LogP contribution in [0.15, 0.2) is 119 Å². The van der Waals surface area contributed by atoms with Crippen LogP contribution in [0.2, 0.25) is 0 Å². The van der Waals surface area contributed by atoms with E-state index in [9.17, 15) is 9.18 Å². The molecular weight excluding hydrogens is 483 g/mol. The van der Waals surface area contributed by atoms with E-state index in [4.69, 9.17) is 9.73 Å². The fourth-order valence-electron chi connectivity index (χ4n) is 3.96. The average molecular weight is 509 g/mol. The minimum atomic E-state index is -0.269. The van der Waals surface area contributed by atoms with Gasteiger partial charge in [0.15, 0.2) is 5.17 Å². The maximum absolute atomic E-state index is 13.6. The number of amides is 1. The molecule has 1 aliphatic rings. The van der Waals surface area contributed by atoms with Crippen molar-refractivity contribution in [2.45, 2.75) is 19.6 Å². The number of rotatable bonds is 7. The van der Waals surface area contributed by atoms with Crippen LogP contribution in [0.4, 0.5) is 10.1 Å². The number of aliphatic imine (C=N–C) groups is 1. The summed E-state index contributed by atoms with van der Waals surface area (Å²) < 4.78 is 18.9. The zero-order chi connectivity index (χ0) is 25.6. The van der Waals surface area contributed by atoms with E-state index in [-0.39, 0.29) is 17.8 Å². The van der Waals surface area contributed by atoms with Crippen LogP contribution in [0.5, 0.6) is 5.75 Å². The highest BCUT2D eigenvalue weighted by Gasteiger charge is 2.37. The first-order valence-corrected chi connectivity index (χ1v) is 12.8. The van der Waals surface area contributed by atoms with Gasteiger partial charge in [-0.1, -0.05) is 72.8 Å². The Morgan fingerprint density at radius 3 is 2.22 bits per heavy atom. The zero-order valence-electron chi connectivity index (χ0n) is 20.3. The predicted octanol–water partition coefficient (Wildman–Crippen LogP) is 7.77. The van der Waals surface area contributed by atoms with Gasteiger partial charge in [0, 0.05) is 0 Å². The normalized spacial score (nSPS) is 16.4. The molecule has 0 aliphatic carbocycles. The summed E-state index contributed by atoms with van der Waals surface area (Å²) in [6.45, 7) is 2.37. The Morgan fingerprint density at radius 2 is 1.54 bits per heavy atom. The monoisotopic (exact) mass is 508 g/mol. The van der Waals surface area contributed by atoms with Gasteiger partial charge >= 0.3 is 0 Å². The number of nitrogens with zero attached hydrogens (tertiary/aromatic N) is 2. The summed E-state index contributed by atoms with van der Waals surface area (Å²) in [5.74, 6) is 0.351. The molecule has 1 heterocycles. The summed E-state index contributed by atoms with van der Waals surface area (Å²) in [6.07, 6.45) is 1.88. The number of amidine groups is 1. The second kappa shape index (κ2) is 11.3. The molecule has 1 amide bonds. The molecule has 1 atom stereocenters. The van der Waals surface area contributed by atoms with Crippen LogP contribution in [0.1, 0.15) is 29.7 Å². The molecular formula is C31H25FN2O2S. The molecule has 0 bridgehead atoms. The van der Waals surface area contributed by atoms with E-state index in [0.717, 1.165) is 22.4 Å². The molecule has 5 rings (SSSR count). The minimum absolute atomic E-state index is 0.0762. The van der Waals surface area contributed by atoms with Crippen LogP contribution in [-0.2, 0) is 11.4 Å². The summed E-state index contributed by atoms with van der Waals surface area (Å²) in [5.41, 5.74) is 3.62. The van der Waals surface area contributed by atoms with Crippen LogP contribution in [0.3, 0.4) is 0 Å².